The average Bonchev–Trinajstić information content (AvgIpc) is 3.12. The number of carbonyl (C=O) groups is 3. The first-order valence-electron chi connectivity index (χ1n) is 9.84. The highest BCUT2D eigenvalue weighted by Crippen LogP contribution is 2.34. The maximum absolute atomic E-state index is 13.1. The second-order valence-electron chi connectivity index (χ2n) is 7.11. The summed E-state index contributed by atoms with van der Waals surface area (Å²) in [6.45, 7) is 0.437. The topological polar surface area (TPSA) is 117 Å². The van der Waals surface area contributed by atoms with Crippen LogP contribution in [0, 0.1) is 0 Å². The van der Waals surface area contributed by atoms with Gasteiger partial charge in [0.15, 0.2) is 5.17 Å². The molecule has 0 fully saturated rings. The van der Waals surface area contributed by atoms with Crippen LogP contribution in [0.3, 0.4) is 0 Å². The van der Waals surface area contributed by atoms with Crippen LogP contribution in [0.5, 0.6) is 0 Å². The maximum atomic E-state index is 13.1. The van der Waals surface area contributed by atoms with E-state index in [4.69, 9.17) is 5.73 Å². The average molecular weight is 436 g/mol. The third-order valence-electron chi connectivity index (χ3n) is 4.87. The van der Waals surface area contributed by atoms with Crippen molar-refractivity contribution in [2.24, 2.45) is 15.7 Å². The van der Waals surface area contributed by atoms with E-state index in [2.05, 4.69) is 15.3 Å². The predicted octanol–water partition coefficient (Wildman–Crippen LogP) is 1.96. The van der Waals surface area contributed by atoms with Crippen molar-refractivity contribution >= 4 is 46.2 Å². The largest absolute Gasteiger partial charge is 0.369 e. The fourth-order valence-electron chi connectivity index (χ4n) is 3.38. The molecule has 0 bridgehead atoms. The van der Waals surface area contributed by atoms with Crippen molar-refractivity contribution in [3.05, 3.63) is 65.7 Å². The van der Waals surface area contributed by atoms with Crippen molar-refractivity contribution in [2.45, 2.75) is 25.4 Å². The summed E-state index contributed by atoms with van der Waals surface area (Å²) >= 11 is 1.10. The lowest BCUT2D eigenvalue weighted by Gasteiger charge is -2.25. The molecule has 2 aromatic rings. The van der Waals surface area contributed by atoms with Crippen LogP contribution in [0.4, 0.5) is 5.69 Å². The van der Waals surface area contributed by atoms with Gasteiger partial charge in [0, 0.05) is 18.5 Å². The zero-order chi connectivity index (χ0) is 21.8. The number of benzene rings is 2. The zero-order valence-electron chi connectivity index (χ0n) is 16.7. The van der Waals surface area contributed by atoms with Crippen LogP contribution in [-0.2, 0) is 20.9 Å². The summed E-state index contributed by atoms with van der Waals surface area (Å²) in [6.07, 6.45) is 0.464. The third kappa shape index (κ3) is 4.66. The molecule has 3 N–H and O–H groups in total. The number of fused-ring (bicyclic) bond motifs is 3. The molecule has 158 valence electrons. The predicted molar refractivity (Wildman–Crippen MR) is 120 cm³/mol. The maximum Gasteiger partial charge on any atom is 0.259 e. The molecule has 0 unspecified atom stereocenters. The summed E-state index contributed by atoms with van der Waals surface area (Å²) < 4.78 is 0. The van der Waals surface area contributed by atoms with E-state index in [-0.39, 0.29) is 30.4 Å². The summed E-state index contributed by atoms with van der Waals surface area (Å²) in [5.41, 5.74) is 7.70. The van der Waals surface area contributed by atoms with Crippen molar-refractivity contribution < 1.29 is 14.4 Å². The van der Waals surface area contributed by atoms with Crippen molar-refractivity contribution in [2.75, 3.05) is 5.75 Å². The Labute approximate surface area is 183 Å². The summed E-state index contributed by atoms with van der Waals surface area (Å²) in [4.78, 5) is 47.1. The van der Waals surface area contributed by atoms with E-state index < -0.39 is 11.9 Å². The monoisotopic (exact) mass is 435 g/mol. The van der Waals surface area contributed by atoms with Gasteiger partial charge < -0.3 is 11.1 Å². The molecule has 2 aliphatic heterocycles. The van der Waals surface area contributed by atoms with Gasteiger partial charge in [0.1, 0.15) is 11.9 Å². The number of primary amides is 1. The minimum absolute atomic E-state index is 0.00458. The molecule has 2 aromatic carbocycles. The molecular weight excluding hydrogens is 414 g/mol. The highest BCUT2D eigenvalue weighted by atomic mass is 32.2. The lowest BCUT2D eigenvalue weighted by atomic mass is 10.1. The van der Waals surface area contributed by atoms with Gasteiger partial charge in [-0.3, -0.25) is 19.4 Å². The molecule has 31 heavy (non-hydrogen) atoms. The highest BCUT2D eigenvalue weighted by Gasteiger charge is 2.41. The number of nitrogens with one attached hydrogen (secondary N) is 1. The number of hydrogen-bond donors (Lipinski definition) is 2. The van der Waals surface area contributed by atoms with Crippen LogP contribution in [-0.4, -0.2) is 45.4 Å². The number of para-hydroxylation sites is 1. The number of nitrogens with zero attached hydrogens (tertiary/aromatic N) is 3. The first kappa shape index (κ1) is 20.8. The standard InChI is InChI=1S/C22H21N5O3S/c23-18(28)13-31-22-26-16-9-5-4-8-15(16)20-25-17(21(30)27(20)22)10-11-19(29)24-12-14-6-2-1-3-7-14/h1-9,17H,10-13H2,(H2,23,28)(H,24,29)/t17-/m1/s1. The number of amides is 3. The van der Waals surface area contributed by atoms with E-state index in [0.717, 1.165) is 22.9 Å². The molecule has 2 heterocycles. The highest BCUT2D eigenvalue weighted by molar-refractivity contribution is 8.14. The van der Waals surface area contributed by atoms with E-state index >= 15 is 0 Å². The minimum Gasteiger partial charge on any atom is -0.369 e. The lowest BCUT2D eigenvalue weighted by Crippen LogP contribution is -2.41. The Kier molecular flexibility index (Phi) is 6.13. The summed E-state index contributed by atoms with van der Waals surface area (Å²) in [6, 6.07) is 16.3. The zero-order valence-corrected chi connectivity index (χ0v) is 17.5. The smallest absolute Gasteiger partial charge is 0.259 e. The van der Waals surface area contributed by atoms with Gasteiger partial charge in [0.2, 0.25) is 11.8 Å². The molecule has 1 atom stereocenters. The van der Waals surface area contributed by atoms with Crippen LogP contribution in [0.2, 0.25) is 0 Å². The minimum atomic E-state index is -0.678. The summed E-state index contributed by atoms with van der Waals surface area (Å²) in [5, 5.41) is 3.24. The molecule has 0 aliphatic carbocycles. The molecule has 3 amide bonds. The summed E-state index contributed by atoms with van der Waals surface area (Å²) in [7, 11) is 0. The van der Waals surface area contributed by atoms with Gasteiger partial charge in [-0.2, -0.15) is 0 Å². The first-order chi connectivity index (χ1) is 15.0. The molecule has 2 aliphatic rings. The SMILES string of the molecule is NC(=O)CSC1=Nc2ccccc2C2=N[C@H](CCC(=O)NCc3ccccc3)C(=O)N12. The fourth-order valence-corrected chi connectivity index (χ4v) is 4.12. The Morgan fingerprint density at radius 1 is 1.10 bits per heavy atom. The molecule has 0 aromatic heterocycles. The van der Waals surface area contributed by atoms with Crippen molar-refractivity contribution in [1.29, 1.82) is 0 Å². The van der Waals surface area contributed by atoms with Crippen LogP contribution in [0.15, 0.2) is 64.6 Å². The molecule has 4 rings (SSSR count). The van der Waals surface area contributed by atoms with E-state index in [1.807, 2.05) is 54.6 Å². The molecular formula is C22H21N5O3S. The number of hydrogen-bond acceptors (Lipinski definition) is 6. The Morgan fingerprint density at radius 2 is 1.84 bits per heavy atom. The molecule has 0 saturated heterocycles. The molecule has 0 saturated carbocycles. The van der Waals surface area contributed by atoms with Gasteiger partial charge in [0.25, 0.3) is 5.91 Å². The Bertz CT molecular complexity index is 1080. The quantitative estimate of drug-likeness (QED) is 0.691. The number of nitrogens with two attached hydrogens (primary N) is 1. The number of aliphatic imine (C=N–C) groups is 2. The number of rotatable bonds is 7. The van der Waals surface area contributed by atoms with Gasteiger partial charge in [0.05, 0.1) is 11.4 Å². The molecule has 0 radical (unpaired) electrons. The van der Waals surface area contributed by atoms with Crippen molar-refractivity contribution in [3.8, 4) is 0 Å². The number of thioether (sulfide) groups is 1. The van der Waals surface area contributed by atoms with E-state index in [0.29, 0.717) is 23.2 Å². The van der Waals surface area contributed by atoms with Crippen LogP contribution in [0.1, 0.15) is 24.0 Å². The van der Waals surface area contributed by atoms with Gasteiger partial charge >= 0.3 is 0 Å². The van der Waals surface area contributed by atoms with Crippen LogP contribution >= 0.6 is 11.8 Å². The fraction of sp³-hybridized carbons (Fsp3) is 0.227. The van der Waals surface area contributed by atoms with Crippen molar-refractivity contribution in [1.82, 2.24) is 10.2 Å². The van der Waals surface area contributed by atoms with Crippen molar-refractivity contribution in [3.63, 3.8) is 0 Å². The molecule has 8 nitrogen and oxygen atoms in total. The second kappa shape index (κ2) is 9.13. The van der Waals surface area contributed by atoms with Crippen LogP contribution < -0.4 is 11.1 Å². The van der Waals surface area contributed by atoms with E-state index in [9.17, 15) is 14.4 Å². The van der Waals surface area contributed by atoms with Crippen LogP contribution in [0.25, 0.3) is 0 Å². The second-order valence-corrected chi connectivity index (χ2v) is 8.05. The first-order valence-corrected chi connectivity index (χ1v) is 10.8. The third-order valence-corrected chi connectivity index (χ3v) is 5.83. The van der Waals surface area contributed by atoms with Gasteiger partial charge in [-0.15, -0.1) is 0 Å². The van der Waals surface area contributed by atoms with E-state index in [1.54, 1.807) is 0 Å². The van der Waals surface area contributed by atoms with Gasteiger partial charge in [-0.25, -0.2) is 9.89 Å². The number of amidine groups is 2. The molecule has 9 heteroatoms. The normalized spacial score (nSPS) is 16.8. The Balaban J connectivity index is 1.45. The van der Waals surface area contributed by atoms with Gasteiger partial charge in [-0.05, 0) is 24.1 Å². The number of carbonyl (C=O) groups excluding carboxylic acids is 3. The molecule has 0 spiro atoms. The Morgan fingerprint density at radius 3 is 2.61 bits per heavy atom. The van der Waals surface area contributed by atoms with E-state index in [1.165, 1.54) is 4.90 Å². The Hall–Kier alpha value is -3.46. The lowest BCUT2D eigenvalue weighted by molar-refractivity contribution is -0.125. The summed E-state index contributed by atoms with van der Waals surface area (Å²) in [5.74, 6) is -0.388. The van der Waals surface area contributed by atoms with Gasteiger partial charge in [-0.1, -0.05) is 54.2 Å².